The molecule has 9 nitrogen and oxygen atoms in total. The summed E-state index contributed by atoms with van der Waals surface area (Å²) in [5.74, 6) is 1.19. The quantitative estimate of drug-likeness (QED) is 0.556. The Kier molecular flexibility index (Phi) is 5.07. The predicted octanol–water partition coefficient (Wildman–Crippen LogP) is 3.16. The SMILES string of the molecule is CC1(NC(=O)c2ccc(OCc3c(-c4ccc(Cl)nc4)noc3C3CC3)nn2)COC1. The van der Waals surface area contributed by atoms with Crippen LogP contribution in [0.15, 0.2) is 35.0 Å². The van der Waals surface area contributed by atoms with Crippen molar-refractivity contribution in [3.8, 4) is 17.1 Å². The van der Waals surface area contributed by atoms with E-state index in [2.05, 4.69) is 25.7 Å². The molecule has 0 radical (unpaired) electrons. The number of ether oxygens (including phenoxy) is 2. The van der Waals surface area contributed by atoms with Gasteiger partial charge in [-0.25, -0.2) is 4.98 Å². The monoisotopic (exact) mass is 441 g/mol. The number of rotatable bonds is 7. The van der Waals surface area contributed by atoms with E-state index >= 15 is 0 Å². The summed E-state index contributed by atoms with van der Waals surface area (Å²) in [4.78, 5) is 16.4. The number of nitrogens with one attached hydrogen (secondary N) is 1. The van der Waals surface area contributed by atoms with Gasteiger partial charge in [0, 0.05) is 23.7 Å². The molecule has 0 bridgehead atoms. The summed E-state index contributed by atoms with van der Waals surface area (Å²) in [5.41, 5.74) is 2.19. The number of nitrogens with zero attached hydrogens (tertiary/aromatic N) is 4. The van der Waals surface area contributed by atoms with E-state index in [0.717, 1.165) is 29.7 Å². The van der Waals surface area contributed by atoms with Gasteiger partial charge in [-0.05, 0) is 38.0 Å². The van der Waals surface area contributed by atoms with Crippen molar-refractivity contribution in [2.24, 2.45) is 0 Å². The zero-order valence-corrected chi connectivity index (χ0v) is 17.6. The van der Waals surface area contributed by atoms with Crippen LogP contribution in [0.1, 0.15) is 47.5 Å². The van der Waals surface area contributed by atoms with Gasteiger partial charge in [-0.1, -0.05) is 16.8 Å². The molecule has 31 heavy (non-hydrogen) atoms. The number of pyridine rings is 1. The zero-order valence-electron chi connectivity index (χ0n) is 16.8. The Bertz CT molecular complexity index is 1090. The van der Waals surface area contributed by atoms with Crippen LogP contribution in [0.2, 0.25) is 5.15 Å². The number of halogens is 1. The summed E-state index contributed by atoms with van der Waals surface area (Å²) in [6.07, 6.45) is 3.78. The zero-order chi connectivity index (χ0) is 21.4. The fourth-order valence-electron chi connectivity index (χ4n) is 3.35. The molecular weight excluding hydrogens is 422 g/mol. The van der Waals surface area contributed by atoms with E-state index in [4.69, 9.17) is 25.6 Å². The first-order valence-electron chi connectivity index (χ1n) is 9.98. The molecular formula is C21H20ClN5O4. The molecule has 3 aromatic rings. The molecule has 1 amide bonds. The lowest BCUT2D eigenvalue weighted by molar-refractivity contribution is -0.0594. The van der Waals surface area contributed by atoms with Crippen molar-refractivity contribution in [1.29, 1.82) is 0 Å². The van der Waals surface area contributed by atoms with Gasteiger partial charge in [0.25, 0.3) is 5.91 Å². The van der Waals surface area contributed by atoms with Crippen LogP contribution in [-0.4, -0.2) is 45.0 Å². The third-order valence-corrected chi connectivity index (χ3v) is 5.48. The van der Waals surface area contributed by atoms with Crippen LogP contribution in [0.3, 0.4) is 0 Å². The van der Waals surface area contributed by atoms with E-state index in [1.165, 1.54) is 0 Å². The summed E-state index contributed by atoms with van der Waals surface area (Å²) >= 11 is 5.90. The topological polar surface area (TPSA) is 112 Å². The van der Waals surface area contributed by atoms with Gasteiger partial charge in [0.05, 0.1) is 24.3 Å². The van der Waals surface area contributed by atoms with Crippen molar-refractivity contribution >= 4 is 17.5 Å². The van der Waals surface area contributed by atoms with Crippen molar-refractivity contribution in [2.75, 3.05) is 13.2 Å². The van der Waals surface area contributed by atoms with Crippen molar-refractivity contribution in [2.45, 2.75) is 37.8 Å². The van der Waals surface area contributed by atoms with E-state index in [1.807, 2.05) is 13.0 Å². The summed E-state index contributed by atoms with van der Waals surface area (Å²) in [6.45, 7) is 3.11. The molecule has 10 heteroatoms. The minimum atomic E-state index is -0.353. The average Bonchev–Trinajstić information content (AvgIpc) is 3.51. The molecule has 1 aliphatic heterocycles. The van der Waals surface area contributed by atoms with Crippen LogP contribution in [-0.2, 0) is 11.3 Å². The molecule has 0 aromatic carbocycles. The standard InChI is InChI=1S/C21H20ClN5O4/c1-21(10-29-11-21)24-20(28)15-5-7-17(26-25-15)30-9-14-18(13-4-6-16(22)23-8-13)27-31-19(14)12-2-3-12/h4-8,12H,2-3,9-11H2,1H3,(H,24,28). The average molecular weight is 442 g/mol. The van der Waals surface area contributed by atoms with Gasteiger partial charge >= 0.3 is 0 Å². The maximum Gasteiger partial charge on any atom is 0.272 e. The normalized spacial score (nSPS) is 17.1. The van der Waals surface area contributed by atoms with Crippen LogP contribution < -0.4 is 10.1 Å². The largest absolute Gasteiger partial charge is 0.472 e. The number of aromatic nitrogens is 4. The van der Waals surface area contributed by atoms with Crippen molar-refractivity contribution < 1.29 is 18.8 Å². The Balaban J connectivity index is 1.30. The molecule has 2 aliphatic rings. The number of amides is 1. The minimum absolute atomic E-state index is 0.211. The minimum Gasteiger partial charge on any atom is -0.472 e. The summed E-state index contributed by atoms with van der Waals surface area (Å²) < 4.78 is 16.6. The molecule has 0 unspecified atom stereocenters. The Morgan fingerprint density at radius 3 is 2.71 bits per heavy atom. The van der Waals surface area contributed by atoms with Gasteiger partial charge in [0.2, 0.25) is 5.88 Å². The van der Waals surface area contributed by atoms with Gasteiger partial charge in [-0.15, -0.1) is 10.2 Å². The molecule has 2 fully saturated rings. The molecule has 4 heterocycles. The maximum absolute atomic E-state index is 12.3. The van der Waals surface area contributed by atoms with Crippen LogP contribution >= 0.6 is 11.6 Å². The second-order valence-corrected chi connectivity index (χ2v) is 8.46. The van der Waals surface area contributed by atoms with Crippen molar-refractivity contribution in [3.63, 3.8) is 0 Å². The first kappa shape index (κ1) is 19.9. The van der Waals surface area contributed by atoms with E-state index in [1.54, 1.807) is 24.4 Å². The van der Waals surface area contributed by atoms with Crippen LogP contribution in [0.25, 0.3) is 11.3 Å². The summed E-state index contributed by atoms with van der Waals surface area (Å²) in [6, 6.07) is 6.75. The smallest absolute Gasteiger partial charge is 0.272 e. The second kappa shape index (κ2) is 7.90. The van der Waals surface area contributed by atoms with Gasteiger partial charge in [0.1, 0.15) is 23.2 Å². The molecule has 5 rings (SSSR count). The maximum atomic E-state index is 12.3. The highest BCUT2D eigenvalue weighted by Gasteiger charge is 2.35. The summed E-state index contributed by atoms with van der Waals surface area (Å²) in [7, 11) is 0. The number of hydrogen-bond acceptors (Lipinski definition) is 8. The lowest BCUT2D eigenvalue weighted by atomic mass is 10.0. The van der Waals surface area contributed by atoms with Gasteiger partial charge in [0.15, 0.2) is 5.69 Å². The Hall–Kier alpha value is -3.04. The van der Waals surface area contributed by atoms with Crippen LogP contribution in [0.4, 0.5) is 0 Å². The second-order valence-electron chi connectivity index (χ2n) is 8.07. The third kappa shape index (κ3) is 4.24. The number of hydrogen-bond donors (Lipinski definition) is 1. The van der Waals surface area contributed by atoms with E-state index in [9.17, 15) is 4.79 Å². The first-order valence-corrected chi connectivity index (χ1v) is 10.4. The van der Waals surface area contributed by atoms with Crippen molar-refractivity contribution in [1.82, 2.24) is 25.7 Å². The first-order chi connectivity index (χ1) is 15.0. The Morgan fingerprint density at radius 2 is 2.10 bits per heavy atom. The molecule has 0 atom stereocenters. The fourth-order valence-corrected chi connectivity index (χ4v) is 3.47. The van der Waals surface area contributed by atoms with E-state index in [0.29, 0.717) is 35.9 Å². The molecule has 1 aliphatic carbocycles. The molecule has 1 N–H and O–H groups in total. The highest BCUT2D eigenvalue weighted by atomic mass is 35.5. The Labute approximate surface area is 183 Å². The highest BCUT2D eigenvalue weighted by Crippen LogP contribution is 2.44. The fraction of sp³-hybridized carbons (Fsp3) is 0.381. The van der Waals surface area contributed by atoms with Gasteiger partial charge in [-0.2, -0.15) is 0 Å². The van der Waals surface area contributed by atoms with E-state index < -0.39 is 0 Å². The molecule has 160 valence electrons. The van der Waals surface area contributed by atoms with Crippen LogP contribution in [0, 0.1) is 0 Å². The molecule has 1 saturated heterocycles. The third-order valence-electron chi connectivity index (χ3n) is 5.26. The molecule has 1 saturated carbocycles. The molecule has 3 aromatic heterocycles. The van der Waals surface area contributed by atoms with Crippen LogP contribution in [0.5, 0.6) is 5.88 Å². The lowest BCUT2D eigenvalue weighted by Crippen LogP contribution is -2.60. The van der Waals surface area contributed by atoms with Gasteiger partial charge in [-0.3, -0.25) is 4.79 Å². The summed E-state index contributed by atoms with van der Waals surface area (Å²) in [5, 5.41) is 15.6. The Morgan fingerprint density at radius 1 is 1.26 bits per heavy atom. The highest BCUT2D eigenvalue weighted by molar-refractivity contribution is 6.29. The lowest BCUT2D eigenvalue weighted by Gasteiger charge is -2.38. The number of carbonyl (C=O) groups excluding carboxylic acids is 1. The van der Waals surface area contributed by atoms with Crippen molar-refractivity contribution in [3.05, 3.63) is 52.6 Å². The number of carbonyl (C=O) groups is 1. The predicted molar refractivity (Wildman–Crippen MR) is 110 cm³/mol. The van der Waals surface area contributed by atoms with E-state index in [-0.39, 0.29) is 23.7 Å². The molecule has 0 spiro atoms. The van der Waals surface area contributed by atoms with Gasteiger partial charge < -0.3 is 19.3 Å².